The lowest BCUT2D eigenvalue weighted by Gasteiger charge is -2.38. The molecule has 1 aromatic heterocycles. The Morgan fingerprint density at radius 1 is 1.21 bits per heavy atom. The molecule has 0 bridgehead atoms. The molecule has 9 heteroatoms. The van der Waals surface area contributed by atoms with E-state index in [2.05, 4.69) is 20.1 Å². The lowest BCUT2D eigenvalue weighted by atomic mass is 10.1. The van der Waals surface area contributed by atoms with Gasteiger partial charge in [-0.3, -0.25) is 19.6 Å². The molecular weight excluding hydrogens is 380 g/mol. The Balaban J connectivity index is 1.69. The topological polar surface area (TPSA) is 86.0 Å². The van der Waals surface area contributed by atoms with Crippen molar-refractivity contribution < 1.29 is 5.11 Å². The van der Waals surface area contributed by atoms with Crippen LogP contribution in [-0.4, -0.2) is 69.7 Å². The van der Waals surface area contributed by atoms with Gasteiger partial charge in [-0.05, 0) is 24.6 Å². The number of benzene rings is 1. The molecule has 0 spiro atoms. The predicted molar refractivity (Wildman–Crippen MR) is 109 cm³/mol. The molecule has 1 saturated heterocycles. The van der Waals surface area contributed by atoms with Gasteiger partial charge in [0.2, 0.25) is 11.9 Å². The first-order chi connectivity index (χ1) is 13.5. The van der Waals surface area contributed by atoms with Gasteiger partial charge in [-0.2, -0.15) is 0 Å². The second kappa shape index (κ2) is 7.90. The summed E-state index contributed by atoms with van der Waals surface area (Å²) in [6.45, 7) is 5.92. The van der Waals surface area contributed by atoms with Crippen molar-refractivity contribution >= 4 is 23.5 Å². The number of aliphatic hydroxyl groups excluding tert-OH is 1. The van der Waals surface area contributed by atoms with Crippen LogP contribution in [0.5, 0.6) is 0 Å². The Bertz CT molecular complexity index is 934. The number of guanidine groups is 1. The molecule has 0 amide bonds. The lowest BCUT2D eigenvalue weighted by molar-refractivity contribution is 0.146. The van der Waals surface area contributed by atoms with Crippen LogP contribution in [0.2, 0.25) is 5.02 Å². The van der Waals surface area contributed by atoms with Crippen LogP contribution in [0.1, 0.15) is 17.4 Å². The number of nitrogens with zero attached hydrogens (tertiary/aromatic N) is 5. The average molecular weight is 403 g/mol. The number of aliphatic imine (C=N–C) groups is 1. The summed E-state index contributed by atoms with van der Waals surface area (Å²) in [6, 6.07) is 8.88. The van der Waals surface area contributed by atoms with Crippen LogP contribution < -0.4 is 10.9 Å². The van der Waals surface area contributed by atoms with Gasteiger partial charge < -0.3 is 10.0 Å². The number of piperazine rings is 1. The van der Waals surface area contributed by atoms with E-state index in [1.807, 2.05) is 12.1 Å². The maximum absolute atomic E-state index is 12.7. The first kappa shape index (κ1) is 18.9. The normalized spacial score (nSPS) is 19.8. The monoisotopic (exact) mass is 402 g/mol. The quantitative estimate of drug-likeness (QED) is 0.800. The molecule has 1 atom stereocenters. The van der Waals surface area contributed by atoms with Crippen molar-refractivity contribution in [3.8, 4) is 0 Å². The molecular formula is C19H23ClN6O2. The molecule has 28 heavy (non-hydrogen) atoms. The van der Waals surface area contributed by atoms with E-state index in [1.54, 1.807) is 23.6 Å². The third-order valence-corrected chi connectivity index (χ3v) is 5.30. The van der Waals surface area contributed by atoms with E-state index in [0.29, 0.717) is 29.2 Å². The summed E-state index contributed by atoms with van der Waals surface area (Å²) in [4.78, 5) is 26.4. The highest BCUT2D eigenvalue weighted by molar-refractivity contribution is 6.30. The van der Waals surface area contributed by atoms with Crippen molar-refractivity contribution in [2.75, 3.05) is 44.6 Å². The van der Waals surface area contributed by atoms with Gasteiger partial charge in [0.05, 0.1) is 6.61 Å². The average Bonchev–Trinajstić information content (AvgIpc) is 2.68. The van der Waals surface area contributed by atoms with E-state index in [-0.39, 0.29) is 12.2 Å². The smallest absolute Gasteiger partial charge is 0.257 e. The minimum Gasteiger partial charge on any atom is -0.395 e. The number of aryl methyl sites for hydroxylation is 1. The fourth-order valence-corrected chi connectivity index (χ4v) is 3.71. The zero-order valence-electron chi connectivity index (χ0n) is 15.7. The van der Waals surface area contributed by atoms with E-state index in [1.165, 1.54) is 6.07 Å². The highest BCUT2D eigenvalue weighted by Gasteiger charge is 2.29. The molecule has 0 saturated carbocycles. The Hall–Kier alpha value is -2.42. The SMILES string of the molecule is Cc1cc(=O)n2c(n1)NC(N1CCN(CCO)CC1)=N[C@@H]2c1ccc(Cl)cc1. The molecule has 4 rings (SSSR count). The third-order valence-electron chi connectivity index (χ3n) is 5.05. The van der Waals surface area contributed by atoms with Crippen LogP contribution in [-0.2, 0) is 0 Å². The lowest BCUT2D eigenvalue weighted by Crippen LogP contribution is -2.52. The van der Waals surface area contributed by atoms with Crippen LogP contribution in [0, 0.1) is 6.92 Å². The molecule has 3 heterocycles. The maximum atomic E-state index is 12.7. The van der Waals surface area contributed by atoms with Gasteiger partial charge >= 0.3 is 0 Å². The van der Waals surface area contributed by atoms with Crippen molar-refractivity contribution in [1.82, 2.24) is 19.4 Å². The highest BCUT2D eigenvalue weighted by Crippen LogP contribution is 2.27. The summed E-state index contributed by atoms with van der Waals surface area (Å²) >= 11 is 6.03. The van der Waals surface area contributed by atoms with E-state index >= 15 is 0 Å². The van der Waals surface area contributed by atoms with Crippen molar-refractivity contribution in [2.45, 2.75) is 13.1 Å². The number of aromatic nitrogens is 2. The van der Waals surface area contributed by atoms with E-state index in [4.69, 9.17) is 21.7 Å². The molecule has 0 radical (unpaired) electrons. The van der Waals surface area contributed by atoms with Crippen molar-refractivity contribution in [2.24, 2.45) is 4.99 Å². The number of aliphatic hydroxyl groups is 1. The Labute approximate surface area is 168 Å². The highest BCUT2D eigenvalue weighted by atomic mass is 35.5. The molecule has 1 aromatic carbocycles. The van der Waals surface area contributed by atoms with Crippen molar-refractivity contribution in [3.63, 3.8) is 0 Å². The van der Waals surface area contributed by atoms with Crippen LogP contribution in [0.4, 0.5) is 5.95 Å². The summed E-state index contributed by atoms with van der Waals surface area (Å²) in [5.74, 6) is 1.20. The molecule has 2 aliphatic heterocycles. The van der Waals surface area contributed by atoms with Gasteiger partial charge in [0.25, 0.3) is 5.56 Å². The number of fused-ring (bicyclic) bond motifs is 1. The minimum absolute atomic E-state index is 0.148. The number of halogens is 1. The van der Waals surface area contributed by atoms with Crippen LogP contribution in [0.25, 0.3) is 0 Å². The number of nitrogens with one attached hydrogen (secondary N) is 1. The Morgan fingerprint density at radius 3 is 2.61 bits per heavy atom. The van der Waals surface area contributed by atoms with E-state index in [9.17, 15) is 4.79 Å². The first-order valence-electron chi connectivity index (χ1n) is 9.34. The zero-order valence-corrected chi connectivity index (χ0v) is 16.4. The fraction of sp³-hybridized carbons (Fsp3) is 0.421. The fourth-order valence-electron chi connectivity index (χ4n) is 3.58. The number of anilines is 1. The van der Waals surface area contributed by atoms with Gasteiger partial charge in [-0.15, -0.1) is 0 Å². The largest absolute Gasteiger partial charge is 0.395 e. The zero-order chi connectivity index (χ0) is 19.7. The standard InChI is InChI=1S/C19H23ClN6O2/c1-13-12-16(28)26-17(14-2-4-15(20)5-3-14)22-18(23-19(26)21-13)25-8-6-24(7-9-25)10-11-27/h2-5,12,17,27H,6-11H2,1H3,(H,21,22,23)/t17-/m0/s1. The van der Waals surface area contributed by atoms with Crippen LogP contribution in [0.3, 0.4) is 0 Å². The van der Waals surface area contributed by atoms with Gasteiger partial charge in [-0.25, -0.2) is 9.98 Å². The number of hydrogen-bond donors (Lipinski definition) is 2. The summed E-state index contributed by atoms with van der Waals surface area (Å²) in [6.07, 6.45) is -0.500. The Morgan fingerprint density at radius 2 is 1.93 bits per heavy atom. The molecule has 0 aliphatic carbocycles. The van der Waals surface area contributed by atoms with Crippen LogP contribution >= 0.6 is 11.6 Å². The molecule has 2 aromatic rings. The number of β-amino-alcohol motifs (C(OH)–C–C–N with tert-alkyl or cyclic N) is 1. The second-order valence-electron chi connectivity index (χ2n) is 6.98. The maximum Gasteiger partial charge on any atom is 0.257 e. The molecule has 1 fully saturated rings. The predicted octanol–water partition coefficient (Wildman–Crippen LogP) is 1.14. The molecule has 8 nitrogen and oxygen atoms in total. The summed E-state index contributed by atoms with van der Waals surface area (Å²) in [5.41, 5.74) is 1.38. The van der Waals surface area contributed by atoms with Crippen molar-refractivity contribution in [3.05, 3.63) is 57.0 Å². The third kappa shape index (κ3) is 3.76. The van der Waals surface area contributed by atoms with Crippen molar-refractivity contribution in [1.29, 1.82) is 0 Å². The Kier molecular flexibility index (Phi) is 5.34. The number of hydrogen-bond acceptors (Lipinski definition) is 7. The number of rotatable bonds is 3. The van der Waals surface area contributed by atoms with E-state index in [0.717, 1.165) is 31.7 Å². The molecule has 2 aliphatic rings. The molecule has 148 valence electrons. The summed E-state index contributed by atoms with van der Waals surface area (Å²) in [5, 5.41) is 13.0. The summed E-state index contributed by atoms with van der Waals surface area (Å²) < 4.78 is 1.57. The van der Waals surface area contributed by atoms with Gasteiger partial charge in [0.15, 0.2) is 6.17 Å². The molecule has 2 N–H and O–H groups in total. The summed E-state index contributed by atoms with van der Waals surface area (Å²) in [7, 11) is 0. The minimum atomic E-state index is -0.500. The van der Waals surface area contributed by atoms with Gasteiger partial charge in [0, 0.05) is 49.5 Å². The van der Waals surface area contributed by atoms with Gasteiger partial charge in [-0.1, -0.05) is 23.7 Å². The first-order valence-corrected chi connectivity index (χ1v) is 9.71. The van der Waals surface area contributed by atoms with Crippen LogP contribution in [0.15, 0.2) is 40.1 Å². The second-order valence-corrected chi connectivity index (χ2v) is 7.42. The molecule has 0 unspecified atom stereocenters. The van der Waals surface area contributed by atoms with E-state index < -0.39 is 6.17 Å². The van der Waals surface area contributed by atoms with Gasteiger partial charge in [0.1, 0.15) is 0 Å².